The van der Waals surface area contributed by atoms with E-state index in [1.807, 2.05) is 48.5 Å². The molecule has 0 radical (unpaired) electrons. The van der Waals surface area contributed by atoms with Crippen LogP contribution in [-0.4, -0.2) is 0 Å². The Labute approximate surface area is 136 Å². The van der Waals surface area contributed by atoms with Gasteiger partial charge in [-0.2, -0.15) is 0 Å². The second-order valence-corrected chi connectivity index (χ2v) is 5.24. The highest BCUT2D eigenvalue weighted by Crippen LogP contribution is 2.21. The van der Waals surface area contributed by atoms with Crippen molar-refractivity contribution in [2.45, 2.75) is 53.4 Å². The summed E-state index contributed by atoms with van der Waals surface area (Å²) >= 11 is 0. The molecule has 2 aromatic carbocycles. The maximum Gasteiger partial charge on any atom is 0.0314 e. The van der Waals surface area contributed by atoms with Crippen molar-refractivity contribution in [3.05, 3.63) is 48.5 Å². The molecule has 0 unspecified atom stereocenters. The molecule has 2 heteroatoms. The molecule has 0 fully saturated rings. The van der Waals surface area contributed by atoms with E-state index in [2.05, 4.69) is 27.7 Å². The van der Waals surface area contributed by atoms with E-state index < -0.39 is 0 Å². The number of nitrogen functional groups attached to an aromatic ring is 2. The van der Waals surface area contributed by atoms with Crippen LogP contribution in [-0.2, 0) is 0 Å². The molecule has 0 bridgehead atoms. The van der Waals surface area contributed by atoms with E-state index in [9.17, 15) is 0 Å². The predicted molar refractivity (Wildman–Crippen MR) is 102 cm³/mol. The Morgan fingerprint density at radius 1 is 0.500 bits per heavy atom. The average Bonchev–Trinajstić information content (AvgIpc) is 2.57. The van der Waals surface area contributed by atoms with Gasteiger partial charge >= 0.3 is 0 Å². The van der Waals surface area contributed by atoms with Crippen LogP contribution >= 0.6 is 0 Å². The SMILES string of the molecule is CCCC.CCCC.Nc1ccc(-c2ccc(N)cc2)cc1. The van der Waals surface area contributed by atoms with Gasteiger partial charge in [0.2, 0.25) is 0 Å². The number of anilines is 2. The Kier molecular flexibility index (Phi) is 11.6. The molecule has 0 aliphatic rings. The van der Waals surface area contributed by atoms with Gasteiger partial charge in [0, 0.05) is 11.4 Å². The minimum absolute atomic E-state index is 0.782. The molecule has 0 aliphatic heterocycles. The van der Waals surface area contributed by atoms with Gasteiger partial charge in [-0.1, -0.05) is 77.6 Å². The Morgan fingerprint density at radius 3 is 0.909 bits per heavy atom. The van der Waals surface area contributed by atoms with Crippen LogP contribution in [0.4, 0.5) is 11.4 Å². The highest BCUT2D eigenvalue weighted by Gasteiger charge is 1.95. The lowest BCUT2D eigenvalue weighted by molar-refractivity contribution is 0.886. The molecular weight excluding hydrogens is 268 g/mol. The average molecular weight is 300 g/mol. The van der Waals surface area contributed by atoms with Gasteiger partial charge in [0.05, 0.1) is 0 Å². The standard InChI is InChI=1S/C12H12N2.2C4H10/c13-11-5-1-9(2-6-11)10-3-7-12(14)8-4-10;2*1-3-4-2/h1-8H,13-14H2;2*3-4H2,1-2H3. The van der Waals surface area contributed by atoms with E-state index in [4.69, 9.17) is 11.5 Å². The first-order valence-corrected chi connectivity index (χ1v) is 8.30. The van der Waals surface area contributed by atoms with Gasteiger partial charge in [0.15, 0.2) is 0 Å². The molecule has 2 nitrogen and oxygen atoms in total. The van der Waals surface area contributed by atoms with E-state index in [0.717, 1.165) is 22.5 Å². The number of unbranched alkanes of at least 4 members (excludes halogenated alkanes) is 2. The fourth-order valence-corrected chi connectivity index (χ4v) is 1.35. The summed E-state index contributed by atoms with van der Waals surface area (Å²) in [6.07, 6.45) is 5.28. The molecule has 2 aromatic rings. The van der Waals surface area contributed by atoms with Crippen molar-refractivity contribution in [2.24, 2.45) is 0 Å². The molecule has 0 aromatic heterocycles. The Balaban J connectivity index is 0.000000464. The fourth-order valence-electron chi connectivity index (χ4n) is 1.35. The lowest BCUT2D eigenvalue weighted by Crippen LogP contribution is -1.85. The van der Waals surface area contributed by atoms with Crippen LogP contribution in [0.15, 0.2) is 48.5 Å². The van der Waals surface area contributed by atoms with E-state index >= 15 is 0 Å². The first-order valence-electron chi connectivity index (χ1n) is 8.30. The largest absolute Gasteiger partial charge is 0.399 e. The summed E-state index contributed by atoms with van der Waals surface area (Å²) in [5.74, 6) is 0. The van der Waals surface area contributed by atoms with Crippen LogP contribution in [0, 0.1) is 0 Å². The van der Waals surface area contributed by atoms with Crippen molar-refractivity contribution in [1.82, 2.24) is 0 Å². The number of nitrogens with two attached hydrogens (primary N) is 2. The van der Waals surface area contributed by atoms with E-state index in [-0.39, 0.29) is 0 Å². The van der Waals surface area contributed by atoms with Crippen LogP contribution in [0.5, 0.6) is 0 Å². The van der Waals surface area contributed by atoms with E-state index in [1.165, 1.54) is 25.7 Å². The Morgan fingerprint density at radius 2 is 0.727 bits per heavy atom. The summed E-state index contributed by atoms with van der Waals surface area (Å²) in [5.41, 5.74) is 15.1. The highest BCUT2D eigenvalue weighted by atomic mass is 14.5. The molecule has 0 spiro atoms. The normalized spacial score (nSPS) is 9.09. The highest BCUT2D eigenvalue weighted by molar-refractivity contribution is 5.67. The van der Waals surface area contributed by atoms with Crippen molar-refractivity contribution in [1.29, 1.82) is 0 Å². The molecule has 0 atom stereocenters. The molecule has 0 aliphatic carbocycles. The minimum Gasteiger partial charge on any atom is -0.399 e. The number of benzene rings is 2. The van der Waals surface area contributed by atoms with Crippen LogP contribution in [0.3, 0.4) is 0 Å². The number of hydrogen-bond donors (Lipinski definition) is 2. The summed E-state index contributed by atoms with van der Waals surface area (Å²) in [7, 11) is 0. The second kappa shape index (κ2) is 12.8. The van der Waals surface area contributed by atoms with Crippen LogP contribution in [0.1, 0.15) is 53.4 Å². The zero-order valence-corrected chi connectivity index (χ0v) is 14.6. The second-order valence-electron chi connectivity index (χ2n) is 5.24. The van der Waals surface area contributed by atoms with Gasteiger partial charge in [-0.15, -0.1) is 0 Å². The zero-order chi connectivity index (χ0) is 16.8. The quantitative estimate of drug-likeness (QED) is 0.670. The van der Waals surface area contributed by atoms with Gasteiger partial charge in [-0.25, -0.2) is 0 Å². The third-order valence-corrected chi connectivity index (χ3v) is 3.15. The molecular formula is C20H32N2. The molecule has 122 valence electrons. The molecule has 2 rings (SSSR count). The van der Waals surface area contributed by atoms with Crippen molar-refractivity contribution < 1.29 is 0 Å². The number of rotatable bonds is 3. The maximum atomic E-state index is 5.61. The van der Waals surface area contributed by atoms with Crippen LogP contribution in [0.25, 0.3) is 11.1 Å². The molecule has 0 saturated carbocycles. The van der Waals surface area contributed by atoms with Crippen molar-refractivity contribution >= 4 is 11.4 Å². The van der Waals surface area contributed by atoms with Crippen molar-refractivity contribution in [3.8, 4) is 11.1 Å². The first kappa shape index (κ1) is 20.0. The summed E-state index contributed by atoms with van der Waals surface area (Å²) < 4.78 is 0. The summed E-state index contributed by atoms with van der Waals surface area (Å²) in [6.45, 7) is 8.72. The lowest BCUT2D eigenvalue weighted by Gasteiger charge is -2.02. The predicted octanol–water partition coefficient (Wildman–Crippen LogP) is 6.13. The molecule has 0 heterocycles. The smallest absolute Gasteiger partial charge is 0.0314 e. The fraction of sp³-hybridized carbons (Fsp3) is 0.400. The van der Waals surface area contributed by atoms with Crippen LogP contribution < -0.4 is 11.5 Å². The number of hydrogen-bond acceptors (Lipinski definition) is 2. The van der Waals surface area contributed by atoms with Gasteiger partial charge in [-0.3, -0.25) is 0 Å². The topological polar surface area (TPSA) is 52.0 Å². The van der Waals surface area contributed by atoms with Gasteiger partial charge in [0.1, 0.15) is 0 Å². The molecule has 0 amide bonds. The zero-order valence-electron chi connectivity index (χ0n) is 14.6. The van der Waals surface area contributed by atoms with Crippen LogP contribution in [0.2, 0.25) is 0 Å². The first-order chi connectivity index (χ1) is 10.6. The van der Waals surface area contributed by atoms with Crippen molar-refractivity contribution in [2.75, 3.05) is 11.5 Å². The van der Waals surface area contributed by atoms with Gasteiger partial charge in [0.25, 0.3) is 0 Å². The summed E-state index contributed by atoms with van der Waals surface area (Å²) in [5, 5.41) is 0. The third-order valence-electron chi connectivity index (χ3n) is 3.15. The summed E-state index contributed by atoms with van der Waals surface area (Å²) in [6, 6.07) is 15.6. The lowest BCUT2D eigenvalue weighted by atomic mass is 10.1. The minimum atomic E-state index is 0.782. The van der Waals surface area contributed by atoms with Gasteiger partial charge in [-0.05, 0) is 35.4 Å². The molecule has 22 heavy (non-hydrogen) atoms. The Hall–Kier alpha value is -1.96. The Bertz CT molecular complexity index is 421. The van der Waals surface area contributed by atoms with E-state index in [0.29, 0.717) is 0 Å². The maximum absolute atomic E-state index is 5.61. The monoisotopic (exact) mass is 300 g/mol. The molecule has 4 N–H and O–H groups in total. The van der Waals surface area contributed by atoms with Gasteiger partial charge < -0.3 is 11.5 Å². The third kappa shape index (κ3) is 9.06. The van der Waals surface area contributed by atoms with Crippen molar-refractivity contribution in [3.63, 3.8) is 0 Å². The van der Waals surface area contributed by atoms with E-state index in [1.54, 1.807) is 0 Å². The summed E-state index contributed by atoms with van der Waals surface area (Å²) in [4.78, 5) is 0. The molecule has 0 saturated heterocycles.